The van der Waals surface area contributed by atoms with Gasteiger partial charge in [0.05, 0.1) is 16.1 Å². The van der Waals surface area contributed by atoms with Gasteiger partial charge in [0.15, 0.2) is 5.69 Å². The Hall–Kier alpha value is -2.71. The first-order chi connectivity index (χ1) is 13.6. The molecular formula is C19H13Cl2F3N2O3. The Kier molecular flexibility index (Phi) is 6.04. The van der Waals surface area contributed by atoms with Gasteiger partial charge in [0.25, 0.3) is 5.91 Å². The second-order valence-electron chi connectivity index (χ2n) is 5.96. The number of benzene rings is 2. The van der Waals surface area contributed by atoms with Crippen LogP contribution >= 0.6 is 23.2 Å². The quantitative estimate of drug-likeness (QED) is 0.513. The average molecular weight is 445 g/mol. The predicted octanol–water partition coefficient (Wildman–Crippen LogP) is 6.14. The number of halogens is 5. The van der Waals surface area contributed by atoms with Gasteiger partial charge in [0.2, 0.25) is 0 Å². The number of carbonyl (C=O) groups excluding carboxylic acids is 1. The van der Waals surface area contributed by atoms with Crippen molar-refractivity contribution in [1.29, 1.82) is 0 Å². The van der Waals surface area contributed by atoms with E-state index < -0.39 is 22.7 Å². The monoisotopic (exact) mass is 444 g/mol. The van der Waals surface area contributed by atoms with Crippen LogP contribution in [0.2, 0.25) is 10.0 Å². The van der Waals surface area contributed by atoms with E-state index in [0.717, 1.165) is 12.1 Å². The van der Waals surface area contributed by atoms with E-state index in [0.29, 0.717) is 22.1 Å². The van der Waals surface area contributed by atoms with Crippen molar-refractivity contribution in [1.82, 2.24) is 5.16 Å². The number of nitrogens with zero attached hydrogens (tertiary/aromatic N) is 1. The molecule has 1 amide bonds. The predicted molar refractivity (Wildman–Crippen MR) is 101 cm³/mol. The van der Waals surface area contributed by atoms with Gasteiger partial charge in [0, 0.05) is 10.7 Å². The molecule has 0 unspecified atom stereocenters. The third-order valence-corrected chi connectivity index (χ3v) is 4.51. The highest BCUT2D eigenvalue weighted by atomic mass is 35.5. The molecule has 3 rings (SSSR count). The molecule has 0 saturated heterocycles. The summed E-state index contributed by atoms with van der Waals surface area (Å²) in [6.45, 7) is 1.56. The Morgan fingerprint density at radius 1 is 1.17 bits per heavy atom. The van der Waals surface area contributed by atoms with Crippen LogP contribution in [-0.2, 0) is 12.8 Å². The first-order valence-corrected chi connectivity index (χ1v) is 8.92. The molecule has 0 atom stereocenters. The summed E-state index contributed by atoms with van der Waals surface area (Å²) in [5.41, 5.74) is -0.876. The Bertz CT molecular complexity index is 1030. The van der Waals surface area contributed by atoms with Crippen LogP contribution in [0.1, 0.15) is 27.4 Å². The van der Waals surface area contributed by atoms with Crippen molar-refractivity contribution in [3.8, 4) is 5.75 Å². The molecule has 1 N–H and O–H groups in total. The van der Waals surface area contributed by atoms with Gasteiger partial charge in [-0.3, -0.25) is 4.79 Å². The zero-order chi connectivity index (χ0) is 21.2. The fourth-order valence-electron chi connectivity index (χ4n) is 2.44. The average Bonchev–Trinajstić information content (AvgIpc) is 3.02. The summed E-state index contributed by atoms with van der Waals surface area (Å²) in [6.07, 6.45) is -4.65. The van der Waals surface area contributed by atoms with Crippen LogP contribution in [0.4, 0.5) is 18.9 Å². The number of rotatable bonds is 5. The number of anilines is 1. The van der Waals surface area contributed by atoms with E-state index in [9.17, 15) is 18.0 Å². The number of aromatic nitrogens is 1. The fraction of sp³-hybridized carbons (Fsp3) is 0.158. The Balaban J connectivity index is 1.77. The van der Waals surface area contributed by atoms with E-state index in [1.54, 1.807) is 31.2 Å². The highest BCUT2D eigenvalue weighted by Gasteiger charge is 2.33. The topological polar surface area (TPSA) is 64.4 Å². The van der Waals surface area contributed by atoms with Crippen LogP contribution in [0.3, 0.4) is 0 Å². The van der Waals surface area contributed by atoms with E-state index in [1.807, 2.05) is 0 Å². The highest BCUT2D eigenvalue weighted by molar-refractivity contribution is 6.31. The lowest BCUT2D eigenvalue weighted by Crippen LogP contribution is -2.16. The number of carbonyl (C=O) groups is 1. The Morgan fingerprint density at radius 3 is 2.52 bits per heavy atom. The molecule has 1 aromatic heterocycles. The van der Waals surface area contributed by atoms with Crippen LogP contribution in [0, 0.1) is 6.92 Å². The van der Waals surface area contributed by atoms with Gasteiger partial charge in [-0.15, -0.1) is 0 Å². The molecule has 1 heterocycles. The molecule has 0 aliphatic rings. The van der Waals surface area contributed by atoms with Crippen molar-refractivity contribution in [3.05, 3.63) is 75.1 Å². The first kappa shape index (κ1) is 21.0. The minimum Gasteiger partial charge on any atom is -0.489 e. The second kappa shape index (κ2) is 8.34. The summed E-state index contributed by atoms with van der Waals surface area (Å²) < 4.78 is 49.6. The van der Waals surface area contributed by atoms with Crippen molar-refractivity contribution in [2.45, 2.75) is 19.7 Å². The van der Waals surface area contributed by atoms with Gasteiger partial charge in [-0.1, -0.05) is 28.4 Å². The Morgan fingerprint density at radius 2 is 1.86 bits per heavy atom. The van der Waals surface area contributed by atoms with Crippen LogP contribution in [0.15, 0.2) is 47.0 Å². The largest absolute Gasteiger partial charge is 0.489 e. The lowest BCUT2D eigenvalue weighted by Gasteiger charge is -2.11. The molecule has 0 saturated carbocycles. The zero-order valence-corrected chi connectivity index (χ0v) is 16.3. The molecule has 29 heavy (non-hydrogen) atoms. The highest BCUT2D eigenvalue weighted by Crippen LogP contribution is 2.36. The number of hydrogen-bond acceptors (Lipinski definition) is 4. The maximum atomic E-state index is 13.0. The minimum atomic E-state index is -4.65. The van der Waals surface area contributed by atoms with Crippen molar-refractivity contribution in [2.24, 2.45) is 0 Å². The molecule has 5 nitrogen and oxygen atoms in total. The van der Waals surface area contributed by atoms with Gasteiger partial charge >= 0.3 is 6.18 Å². The van der Waals surface area contributed by atoms with Crippen LogP contribution in [-0.4, -0.2) is 11.1 Å². The second-order valence-corrected chi connectivity index (χ2v) is 6.80. The molecule has 3 aromatic rings. The minimum absolute atomic E-state index is 0.0336. The molecule has 0 radical (unpaired) electrons. The number of nitrogens with one attached hydrogen (secondary N) is 1. The summed E-state index contributed by atoms with van der Waals surface area (Å²) in [6, 6.07) is 9.64. The lowest BCUT2D eigenvalue weighted by atomic mass is 10.1. The van der Waals surface area contributed by atoms with Gasteiger partial charge in [-0.05, 0) is 49.4 Å². The third-order valence-electron chi connectivity index (χ3n) is 3.93. The summed E-state index contributed by atoms with van der Waals surface area (Å²) in [7, 11) is 0. The number of alkyl halides is 3. The van der Waals surface area contributed by atoms with E-state index in [-0.39, 0.29) is 18.0 Å². The molecule has 10 heteroatoms. The molecule has 0 spiro atoms. The van der Waals surface area contributed by atoms with E-state index >= 15 is 0 Å². The van der Waals surface area contributed by atoms with Crippen molar-refractivity contribution in [3.63, 3.8) is 0 Å². The number of hydrogen-bond donors (Lipinski definition) is 1. The standard InChI is InChI=1S/C19H13Cl2F3N2O3/c1-10-14(9-28-13-5-2-11(20)3-6-13)17(26-29-10)18(27)25-12-4-7-16(21)15(8-12)19(22,23)24/h2-8H,9H2,1H3,(H,25,27). The fourth-order valence-corrected chi connectivity index (χ4v) is 2.79. The summed E-state index contributed by atoms with van der Waals surface area (Å²) in [4.78, 5) is 12.5. The molecule has 152 valence electrons. The third kappa shape index (κ3) is 5.02. The first-order valence-electron chi connectivity index (χ1n) is 8.17. The maximum absolute atomic E-state index is 13.0. The number of amides is 1. The lowest BCUT2D eigenvalue weighted by molar-refractivity contribution is -0.137. The molecule has 0 aliphatic heterocycles. The maximum Gasteiger partial charge on any atom is 0.417 e. The van der Waals surface area contributed by atoms with Crippen molar-refractivity contribution >= 4 is 34.8 Å². The molecular weight excluding hydrogens is 432 g/mol. The van der Waals surface area contributed by atoms with E-state index in [4.69, 9.17) is 32.5 Å². The van der Waals surface area contributed by atoms with Crippen molar-refractivity contribution in [2.75, 3.05) is 5.32 Å². The summed E-state index contributed by atoms with van der Waals surface area (Å²) in [5.74, 6) is 0.108. The SMILES string of the molecule is Cc1onc(C(=O)Nc2ccc(Cl)c(C(F)(F)F)c2)c1COc1ccc(Cl)cc1. The van der Waals surface area contributed by atoms with Gasteiger partial charge in [-0.2, -0.15) is 13.2 Å². The molecule has 2 aromatic carbocycles. The zero-order valence-electron chi connectivity index (χ0n) is 14.8. The normalized spacial score (nSPS) is 11.4. The summed E-state index contributed by atoms with van der Waals surface area (Å²) >= 11 is 11.4. The van der Waals surface area contributed by atoms with Gasteiger partial charge < -0.3 is 14.6 Å². The summed E-state index contributed by atoms with van der Waals surface area (Å²) in [5, 5.41) is 6.13. The molecule has 0 fully saturated rings. The number of aryl methyl sites for hydroxylation is 1. The number of ether oxygens (including phenoxy) is 1. The van der Waals surface area contributed by atoms with E-state index in [2.05, 4.69) is 10.5 Å². The Labute approximate surface area is 173 Å². The van der Waals surface area contributed by atoms with Crippen LogP contribution in [0.25, 0.3) is 0 Å². The van der Waals surface area contributed by atoms with Crippen LogP contribution in [0.5, 0.6) is 5.75 Å². The molecule has 0 bridgehead atoms. The van der Waals surface area contributed by atoms with E-state index in [1.165, 1.54) is 6.07 Å². The molecule has 0 aliphatic carbocycles. The van der Waals surface area contributed by atoms with Gasteiger partial charge in [0.1, 0.15) is 18.1 Å². The van der Waals surface area contributed by atoms with Gasteiger partial charge in [-0.25, -0.2) is 0 Å². The smallest absolute Gasteiger partial charge is 0.417 e. The van der Waals surface area contributed by atoms with Crippen molar-refractivity contribution < 1.29 is 27.2 Å². The van der Waals surface area contributed by atoms with Crippen LogP contribution < -0.4 is 10.1 Å².